The Labute approximate surface area is 137 Å². The van der Waals surface area contributed by atoms with Gasteiger partial charge in [0.2, 0.25) is 10.0 Å². The fourth-order valence-electron chi connectivity index (χ4n) is 2.46. The molecule has 1 heterocycles. The first kappa shape index (κ1) is 17.6. The summed E-state index contributed by atoms with van der Waals surface area (Å²) in [5, 5.41) is 4.06. The summed E-state index contributed by atoms with van der Waals surface area (Å²) in [5.41, 5.74) is 3.80. The Morgan fingerprint density at radius 3 is 2.22 bits per heavy atom. The van der Waals surface area contributed by atoms with E-state index < -0.39 is 10.0 Å². The van der Waals surface area contributed by atoms with Crippen molar-refractivity contribution in [3.8, 4) is 0 Å². The fourth-order valence-corrected chi connectivity index (χ4v) is 3.98. The maximum absolute atomic E-state index is 12.4. The molecule has 0 spiro atoms. The van der Waals surface area contributed by atoms with E-state index in [4.69, 9.17) is 0 Å². The summed E-state index contributed by atoms with van der Waals surface area (Å²) in [6.45, 7) is 5.09. The van der Waals surface area contributed by atoms with Gasteiger partial charge in [-0.1, -0.05) is 13.8 Å². The van der Waals surface area contributed by atoms with E-state index in [0.717, 1.165) is 31.4 Å². The third kappa shape index (κ3) is 4.17. The monoisotopic (exact) mass is 337 g/mol. The number of rotatable bonds is 6. The molecule has 6 nitrogen and oxygen atoms in total. The molecule has 1 aliphatic heterocycles. The minimum Gasteiger partial charge on any atom is -0.267 e. The van der Waals surface area contributed by atoms with Crippen LogP contribution in [-0.2, 0) is 10.0 Å². The lowest BCUT2D eigenvalue weighted by atomic mass is 10.2. The lowest BCUT2D eigenvalue weighted by molar-refractivity contribution is 0.0954. The zero-order valence-electron chi connectivity index (χ0n) is 13.6. The van der Waals surface area contributed by atoms with Gasteiger partial charge in [-0.15, -0.1) is 0 Å². The molecule has 0 aliphatic carbocycles. The third-order valence-corrected chi connectivity index (χ3v) is 5.86. The van der Waals surface area contributed by atoms with Crippen molar-refractivity contribution in [3.05, 3.63) is 29.8 Å². The lowest BCUT2D eigenvalue weighted by Crippen LogP contribution is -2.28. The van der Waals surface area contributed by atoms with Gasteiger partial charge in [-0.25, -0.2) is 13.8 Å². The molecule has 0 aromatic heterocycles. The van der Waals surface area contributed by atoms with Gasteiger partial charge in [-0.2, -0.15) is 9.41 Å². The van der Waals surface area contributed by atoms with Gasteiger partial charge in [-0.05, 0) is 49.9 Å². The van der Waals surface area contributed by atoms with Crippen molar-refractivity contribution >= 4 is 21.6 Å². The summed E-state index contributed by atoms with van der Waals surface area (Å²) in [6.07, 6.45) is 3.36. The second-order valence-corrected chi connectivity index (χ2v) is 7.40. The number of nitrogens with one attached hydrogen (secondary N) is 1. The second-order valence-electron chi connectivity index (χ2n) is 5.46. The molecule has 1 saturated heterocycles. The van der Waals surface area contributed by atoms with Crippen LogP contribution in [0.5, 0.6) is 0 Å². The Hall–Kier alpha value is -1.73. The third-order valence-electron chi connectivity index (χ3n) is 3.95. The van der Waals surface area contributed by atoms with Crippen LogP contribution in [0.2, 0.25) is 0 Å². The van der Waals surface area contributed by atoms with E-state index in [1.807, 2.05) is 13.8 Å². The Morgan fingerprint density at radius 2 is 1.70 bits per heavy atom. The molecular weight excluding hydrogens is 314 g/mol. The van der Waals surface area contributed by atoms with Crippen LogP contribution in [-0.4, -0.2) is 37.4 Å². The van der Waals surface area contributed by atoms with Crippen molar-refractivity contribution in [3.63, 3.8) is 0 Å². The van der Waals surface area contributed by atoms with Crippen LogP contribution in [0.15, 0.2) is 34.3 Å². The van der Waals surface area contributed by atoms with Gasteiger partial charge >= 0.3 is 0 Å². The molecule has 1 aliphatic rings. The zero-order chi connectivity index (χ0) is 16.9. The molecule has 1 N–H and O–H groups in total. The predicted molar refractivity (Wildman–Crippen MR) is 89.9 cm³/mol. The number of benzene rings is 1. The van der Waals surface area contributed by atoms with Gasteiger partial charge in [-0.3, -0.25) is 4.79 Å². The van der Waals surface area contributed by atoms with E-state index in [1.54, 1.807) is 0 Å². The first-order valence-electron chi connectivity index (χ1n) is 7.95. The number of carbonyl (C=O) groups is 1. The van der Waals surface area contributed by atoms with Crippen LogP contribution >= 0.6 is 0 Å². The van der Waals surface area contributed by atoms with Crippen molar-refractivity contribution in [1.82, 2.24) is 9.73 Å². The predicted octanol–water partition coefficient (Wildman–Crippen LogP) is 2.38. The highest BCUT2D eigenvalue weighted by Gasteiger charge is 2.27. The molecule has 0 saturated carbocycles. The average Bonchev–Trinajstić information content (AvgIpc) is 3.11. The molecule has 0 bridgehead atoms. The highest BCUT2D eigenvalue weighted by atomic mass is 32.2. The summed E-state index contributed by atoms with van der Waals surface area (Å²) in [6, 6.07) is 6.00. The number of sulfonamides is 1. The summed E-state index contributed by atoms with van der Waals surface area (Å²) in [4.78, 5) is 12.2. The minimum absolute atomic E-state index is 0.224. The van der Waals surface area contributed by atoms with E-state index in [9.17, 15) is 13.2 Å². The smallest absolute Gasteiger partial charge is 0.267 e. The molecule has 2 rings (SSSR count). The first-order valence-corrected chi connectivity index (χ1v) is 9.39. The second kappa shape index (κ2) is 7.70. The Bertz CT molecular complexity index is 669. The molecule has 1 aromatic carbocycles. The first-order chi connectivity index (χ1) is 11.0. The number of carbonyl (C=O) groups excluding carboxylic acids is 1. The highest BCUT2D eigenvalue weighted by Crippen LogP contribution is 2.21. The van der Waals surface area contributed by atoms with Crippen molar-refractivity contribution in [2.45, 2.75) is 44.4 Å². The SMILES string of the molecule is CCC(CC)=NNC(=O)c1ccc(S(=O)(=O)N2CCCC2)cc1. The van der Waals surface area contributed by atoms with Gasteiger partial charge in [0.25, 0.3) is 5.91 Å². The molecule has 0 unspecified atom stereocenters. The molecule has 1 fully saturated rings. The normalized spacial score (nSPS) is 15.4. The van der Waals surface area contributed by atoms with Gasteiger partial charge in [0.1, 0.15) is 0 Å². The van der Waals surface area contributed by atoms with Crippen molar-refractivity contribution < 1.29 is 13.2 Å². The Balaban J connectivity index is 2.10. The van der Waals surface area contributed by atoms with Crippen molar-refractivity contribution in [2.75, 3.05) is 13.1 Å². The number of hydrogen-bond acceptors (Lipinski definition) is 4. The molecule has 0 atom stereocenters. The molecule has 23 heavy (non-hydrogen) atoms. The summed E-state index contributed by atoms with van der Waals surface area (Å²) < 4.78 is 26.3. The Morgan fingerprint density at radius 1 is 1.13 bits per heavy atom. The average molecular weight is 337 g/mol. The van der Waals surface area contributed by atoms with Gasteiger partial charge in [0.05, 0.1) is 4.90 Å². The van der Waals surface area contributed by atoms with Crippen LogP contribution in [0, 0.1) is 0 Å². The Kier molecular flexibility index (Phi) is 5.90. The van der Waals surface area contributed by atoms with E-state index in [-0.39, 0.29) is 10.8 Å². The summed E-state index contributed by atoms with van der Waals surface area (Å²) in [7, 11) is -3.44. The van der Waals surface area contributed by atoms with E-state index >= 15 is 0 Å². The van der Waals surface area contributed by atoms with Crippen LogP contribution in [0.25, 0.3) is 0 Å². The van der Waals surface area contributed by atoms with Gasteiger partial charge in [0.15, 0.2) is 0 Å². The van der Waals surface area contributed by atoms with Crippen molar-refractivity contribution in [2.24, 2.45) is 5.10 Å². The van der Waals surface area contributed by atoms with Crippen LogP contribution < -0.4 is 5.43 Å². The van der Waals surface area contributed by atoms with E-state index in [0.29, 0.717) is 18.7 Å². The van der Waals surface area contributed by atoms with E-state index in [1.165, 1.54) is 28.6 Å². The summed E-state index contributed by atoms with van der Waals surface area (Å²) in [5.74, 6) is -0.338. The van der Waals surface area contributed by atoms with Gasteiger partial charge < -0.3 is 0 Å². The molecular formula is C16H23N3O3S. The molecule has 126 valence electrons. The van der Waals surface area contributed by atoms with Crippen LogP contribution in [0.4, 0.5) is 0 Å². The quantitative estimate of drug-likeness (QED) is 0.639. The molecule has 0 radical (unpaired) electrons. The number of hydrogen-bond donors (Lipinski definition) is 1. The van der Waals surface area contributed by atoms with Crippen LogP contribution in [0.1, 0.15) is 49.9 Å². The maximum atomic E-state index is 12.4. The molecule has 1 aromatic rings. The topological polar surface area (TPSA) is 78.8 Å². The number of amides is 1. The maximum Gasteiger partial charge on any atom is 0.271 e. The molecule has 7 heteroatoms. The fraction of sp³-hybridized carbons (Fsp3) is 0.500. The van der Waals surface area contributed by atoms with Gasteiger partial charge in [0, 0.05) is 24.4 Å². The van der Waals surface area contributed by atoms with E-state index in [2.05, 4.69) is 10.5 Å². The van der Waals surface area contributed by atoms with Crippen molar-refractivity contribution in [1.29, 1.82) is 0 Å². The van der Waals surface area contributed by atoms with Crippen LogP contribution in [0.3, 0.4) is 0 Å². The zero-order valence-corrected chi connectivity index (χ0v) is 14.4. The standard InChI is InChI=1S/C16H23N3O3S/c1-3-14(4-2)17-18-16(20)13-7-9-15(10-8-13)23(21,22)19-11-5-6-12-19/h7-10H,3-6,11-12H2,1-2H3,(H,18,20). The number of hydrazone groups is 1. The minimum atomic E-state index is -3.44. The lowest BCUT2D eigenvalue weighted by Gasteiger charge is -2.15. The number of nitrogens with zero attached hydrogens (tertiary/aromatic N) is 2. The highest BCUT2D eigenvalue weighted by molar-refractivity contribution is 7.89. The molecule has 1 amide bonds. The summed E-state index contributed by atoms with van der Waals surface area (Å²) >= 11 is 0. The largest absolute Gasteiger partial charge is 0.271 e.